The molecule has 1 saturated heterocycles. The maximum atomic E-state index is 14.5. The van der Waals surface area contributed by atoms with Gasteiger partial charge in [-0.1, -0.05) is 6.07 Å². The minimum Gasteiger partial charge on any atom is -0.386 e. The molecule has 0 bridgehead atoms. The zero-order valence-corrected chi connectivity index (χ0v) is 15.7. The molecule has 28 heavy (non-hydrogen) atoms. The summed E-state index contributed by atoms with van der Waals surface area (Å²) in [7, 11) is 0. The van der Waals surface area contributed by atoms with E-state index < -0.39 is 23.6 Å². The lowest BCUT2D eigenvalue weighted by atomic mass is 10.0. The summed E-state index contributed by atoms with van der Waals surface area (Å²) in [5.74, 6) is -0.457. The predicted octanol–water partition coefficient (Wildman–Crippen LogP) is 2.27. The van der Waals surface area contributed by atoms with E-state index in [0.29, 0.717) is 36.4 Å². The Morgan fingerprint density at radius 2 is 2.11 bits per heavy atom. The predicted molar refractivity (Wildman–Crippen MR) is 101 cm³/mol. The summed E-state index contributed by atoms with van der Waals surface area (Å²) >= 11 is 0. The van der Waals surface area contributed by atoms with Gasteiger partial charge in [-0.25, -0.2) is 23.7 Å². The van der Waals surface area contributed by atoms with Crippen molar-refractivity contribution < 1.29 is 13.9 Å². The van der Waals surface area contributed by atoms with Gasteiger partial charge in [0.25, 0.3) is 0 Å². The monoisotopic (exact) mass is 388 g/mol. The first-order valence-electron chi connectivity index (χ1n) is 9.17. The van der Waals surface area contributed by atoms with E-state index in [1.807, 2.05) is 0 Å². The van der Waals surface area contributed by atoms with Gasteiger partial charge in [-0.3, -0.25) is 4.40 Å². The van der Waals surface area contributed by atoms with Crippen LogP contribution in [0.1, 0.15) is 25.8 Å². The van der Waals surface area contributed by atoms with Crippen LogP contribution < -0.4 is 10.6 Å². The average molecular weight is 388 g/mol. The molecule has 4 heterocycles. The average Bonchev–Trinajstić information content (AvgIpc) is 3.07. The van der Waals surface area contributed by atoms with Gasteiger partial charge in [0.15, 0.2) is 5.82 Å². The summed E-state index contributed by atoms with van der Waals surface area (Å²) in [4.78, 5) is 12.5. The van der Waals surface area contributed by atoms with Crippen LogP contribution in [0.5, 0.6) is 0 Å². The van der Waals surface area contributed by atoms with E-state index in [9.17, 15) is 13.9 Å². The molecule has 3 aromatic heterocycles. The summed E-state index contributed by atoms with van der Waals surface area (Å²) in [5, 5.41) is 16.3. The van der Waals surface area contributed by atoms with Crippen LogP contribution in [0.25, 0.3) is 17.0 Å². The standard InChI is InChI=1S/C19H22F2N6O/c1-19(2,28)11-3-4-16-23-9-15(27(16)10-11)17-13(21)7-24-18(26-17)25-14-8-22-6-5-12(14)20/h3-4,7,9-10,12,14,22,28H,5-6,8H2,1-2H3,(H,24,25,26)/t12-,14-/m0/s1. The molecule has 9 heteroatoms. The zero-order chi connectivity index (χ0) is 19.9. The van der Waals surface area contributed by atoms with E-state index >= 15 is 0 Å². The smallest absolute Gasteiger partial charge is 0.223 e. The van der Waals surface area contributed by atoms with Crippen LogP contribution in [0.2, 0.25) is 0 Å². The summed E-state index contributed by atoms with van der Waals surface area (Å²) in [5.41, 5.74) is 0.660. The van der Waals surface area contributed by atoms with Gasteiger partial charge in [-0.2, -0.15) is 0 Å². The number of pyridine rings is 1. The van der Waals surface area contributed by atoms with Crippen LogP contribution in [0.4, 0.5) is 14.7 Å². The van der Waals surface area contributed by atoms with Gasteiger partial charge >= 0.3 is 0 Å². The summed E-state index contributed by atoms with van der Waals surface area (Å²) in [6, 6.07) is 3.04. The molecule has 1 fully saturated rings. The summed E-state index contributed by atoms with van der Waals surface area (Å²) in [6.45, 7) is 4.41. The Balaban J connectivity index is 1.72. The van der Waals surface area contributed by atoms with Crippen molar-refractivity contribution in [1.29, 1.82) is 0 Å². The molecule has 0 aliphatic carbocycles. The number of imidazole rings is 1. The van der Waals surface area contributed by atoms with Gasteiger partial charge in [-0.15, -0.1) is 0 Å². The Kier molecular flexibility index (Phi) is 4.72. The molecule has 1 aliphatic rings. The van der Waals surface area contributed by atoms with Crippen molar-refractivity contribution in [2.75, 3.05) is 18.4 Å². The van der Waals surface area contributed by atoms with E-state index in [0.717, 1.165) is 6.20 Å². The molecular weight excluding hydrogens is 366 g/mol. The Morgan fingerprint density at radius 3 is 2.86 bits per heavy atom. The van der Waals surface area contributed by atoms with Gasteiger partial charge in [0.05, 0.1) is 29.7 Å². The molecule has 148 valence electrons. The van der Waals surface area contributed by atoms with Crippen molar-refractivity contribution in [3.8, 4) is 11.4 Å². The fourth-order valence-corrected chi connectivity index (χ4v) is 3.27. The lowest BCUT2D eigenvalue weighted by molar-refractivity contribution is 0.0781. The summed E-state index contributed by atoms with van der Waals surface area (Å²) < 4.78 is 30.3. The van der Waals surface area contributed by atoms with E-state index in [-0.39, 0.29) is 11.6 Å². The molecule has 3 N–H and O–H groups in total. The molecule has 0 spiro atoms. The van der Waals surface area contributed by atoms with Gasteiger partial charge in [0, 0.05) is 12.7 Å². The van der Waals surface area contributed by atoms with Crippen molar-refractivity contribution >= 4 is 11.6 Å². The first-order chi connectivity index (χ1) is 13.3. The molecule has 7 nitrogen and oxygen atoms in total. The van der Waals surface area contributed by atoms with Gasteiger partial charge in [0.1, 0.15) is 17.5 Å². The molecule has 3 aromatic rings. The van der Waals surface area contributed by atoms with Gasteiger partial charge in [-0.05, 0) is 38.4 Å². The van der Waals surface area contributed by atoms with Gasteiger partial charge in [0.2, 0.25) is 5.95 Å². The van der Waals surface area contributed by atoms with Crippen LogP contribution in [0, 0.1) is 5.82 Å². The quantitative estimate of drug-likeness (QED) is 0.636. The highest BCUT2D eigenvalue weighted by atomic mass is 19.1. The van der Waals surface area contributed by atoms with Crippen molar-refractivity contribution in [1.82, 2.24) is 24.7 Å². The number of nitrogens with one attached hydrogen (secondary N) is 2. The number of halogens is 2. The normalized spacial score (nSPS) is 20.5. The fraction of sp³-hybridized carbons (Fsp3) is 0.421. The van der Waals surface area contributed by atoms with Crippen LogP contribution in [-0.4, -0.2) is 49.8 Å². The molecule has 0 saturated carbocycles. The van der Waals surface area contributed by atoms with Crippen molar-refractivity contribution in [2.45, 2.75) is 38.1 Å². The molecule has 1 aliphatic heterocycles. The SMILES string of the molecule is CC(C)(O)c1ccc2ncc(-c3nc(N[C@H]4CNCC[C@@H]4F)ncc3F)n2c1. The second-order valence-electron chi connectivity index (χ2n) is 7.50. The maximum absolute atomic E-state index is 14.5. The molecular formula is C19H22F2N6O. The third kappa shape index (κ3) is 3.55. The van der Waals surface area contributed by atoms with Crippen LogP contribution in [-0.2, 0) is 5.60 Å². The Bertz CT molecular complexity index is 1000. The molecule has 0 aromatic carbocycles. The molecule has 4 rings (SSSR count). The number of aliphatic hydroxyl groups is 1. The van der Waals surface area contributed by atoms with E-state index in [1.165, 1.54) is 6.20 Å². The Hall–Kier alpha value is -2.65. The van der Waals surface area contributed by atoms with Crippen molar-refractivity contribution in [3.63, 3.8) is 0 Å². The number of anilines is 1. The highest BCUT2D eigenvalue weighted by molar-refractivity contribution is 5.62. The number of fused-ring (bicyclic) bond motifs is 1. The number of alkyl halides is 1. The largest absolute Gasteiger partial charge is 0.386 e. The Morgan fingerprint density at radius 1 is 1.29 bits per heavy atom. The number of hydrogen-bond donors (Lipinski definition) is 3. The third-order valence-electron chi connectivity index (χ3n) is 4.91. The van der Waals surface area contributed by atoms with Crippen molar-refractivity contribution in [3.05, 3.63) is 42.1 Å². The minimum absolute atomic E-state index is 0.0528. The van der Waals surface area contributed by atoms with Gasteiger partial charge < -0.3 is 15.7 Å². The van der Waals surface area contributed by atoms with E-state index in [4.69, 9.17) is 0 Å². The van der Waals surface area contributed by atoms with Crippen LogP contribution in [0.15, 0.2) is 30.7 Å². The summed E-state index contributed by atoms with van der Waals surface area (Å²) in [6.07, 6.45) is 3.66. The number of nitrogens with zero attached hydrogens (tertiary/aromatic N) is 4. The number of rotatable bonds is 4. The molecule has 0 amide bonds. The highest BCUT2D eigenvalue weighted by Crippen LogP contribution is 2.26. The third-order valence-corrected chi connectivity index (χ3v) is 4.91. The molecule has 2 atom stereocenters. The molecule has 0 radical (unpaired) electrons. The van der Waals surface area contributed by atoms with Crippen LogP contribution >= 0.6 is 0 Å². The van der Waals surface area contributed by atoms with Crippen LogP contribution in [0.3, 0.4) is 0 Å². The lowest BCUT2D eigenvalue weighted by Gasteiger charge is -2.27. The fourth-order valence-electron chi connectivity index (χ4n) is 3.27. The number of piperidine rings is 1. The number of hydrogen-bond acceptors (Lipinski definition) is 6. The second kappa shape index (κ2) is 7.06. The highest BCUT2D eigenvalue weighted by Gasteiger charge is 2.26. The first kappa shape index (κ1) is 18.7. The van der Waals surface area contributed by atoms with E-state index in [2.05, 4.69) is 25.6 Å². The Labute approximate surface area is 160 Å². The zero-order valence-electron chi connectivity index (χ0n) is 15.7. The lowest BCUT2D eigenvalue weighted by Crippen LogP contribution is -2.46. The topological polar surface area (TPSA) is 87.4 Å². The second-order valence-corrected chi connectivity index (χ2v) is 7.50. The first-order valence-corrected chi connectivity index (χ1v) is 9.17. The minimum atomic E-state index is -1.06. The maximum Gasteiger partial charge on any atom is 0.223 e. The van der Waals surface area contributed by atoms with Crippen molar-refractivity contribution in [2.24, 2.45) is 0 Å². The number of aromatic nitrogens is 4. The molecule has 0 unspecified atom stereocenters. The van der Waals surface area contributed by atoms with E-state index in [1.54, 1.807) is 36.6 Å².